The molecule has 0 saturated carbocycles. The van der Waals surface area contributed by atoms with E-state index in [2.05, 4.69) is 5.32 Å². The monoisotopic (exact) mass is 640 g/mol. The van der Waals surface area contributed by atoms with E-state index in [0.29, 0.717) is 23.8 Å². The van der Waals surface area contributed by atoms with Crippen LogP contribution in [0.4, 0.5) is 22.4 Å². The molecule has 238 valence electrons. The number of piperidine rings is 1. The standard InChI is InChI=1S/C29H32F4N4O6S/c1-17(2)23(34-24(38)21-15-19(29(31,32)33)7-10-22(21)30)25(39)36-13-11-28(12-14-36)26(40)35(3)27(41)37(28)16-18-5-8-20(9-6-18)44(4,42)43/h5-10,15,17,23H,11-14,16H2,1-4H3,(H,34,38)/t23-/m1/s1. The van der Waals surface area contributed by atoms with Crippen LogP contribution in [0, 0.1) is 11.7 Å². The topological polar surface area (TPSA) is 124 Å². The van der Waals surface area contributed by atoms with Crippen molar-refractivity contribution in [3.05, 3.63) is 65.0 Å². The number of hydrogen-bond donors (Lipinski definition) is 1. The second-order valence-electron chi connectivity index (χ2n) is 11.4. The minimum absolute atomic E-state index is 0.0140. The Morgan fingerprint density at radius 2 is 1.61 bits per heavy atom. The summed E-state index contributed by atoms with van der Waals surface area (Å²) >= 11 is 0. The second-order valence-corrected chi connectivity index (χ2v) is 13.4. The lowest BCUT2D eigenvalue weighted by Gasteiger charge is -2.43. The van der Waals surface area contributed by atoms with Crippen molar-refractivity contribution < 1.29 is 45.2 Å². The third kappa shape index (κ3) is 6.28. The predicted octanol–water partition coefficient (Wildman–Crippen LogP) is 3.46. The van der Waals surface area contributed by atoms with Crippen molar-refractivity contribution in [1.29, 1.82) is 0 Å². The van der Waals surface area contributed by atoms with Gasteiger partial charge in [0.1, 0.15) is 17.4 Å². The van der Waals surface area contributed by atoms with Gasteiger partial charge >= 0.3 is 12.2 Å². The van der Waals surface area contributed by atoms with Gasteiger partial charge in [-0.25, -0.2) is 17.6 Å². The fourth-order valence-corrected chi connectivity index (χ4v) is 6.14. The molecule has 0 bridgehead atoms. The van der Waals surface area contributed by atoms with Gasteiger partial charge in [0.05, 0.1) is 16.0 Å². The summed E-state index contributed by atoms with van der Waals surface area (Å²) in [5.41, 5.74) is -2.74. The van der Waals surface area contributed by atoms with Gasteiger partial charge in [-0.05, 0) is 54.7 Å². The molecule has 1 atom stereocenters. The summed E-state index contributed by atoms with van der Waals surface area (Å²) in [5.74, 6) is -3.89. The number of sulfone groups is 1. The van der Waals surface area contributed by atoms with Gasteiger partial charge in [0.25, 0.3) is 11.8 Å². The molecular weight excluding hydrogens is 608 g/mol. The predicted molar refractivity (Wildman–Crippen MR) is 149 cm³/mol. The molecule has 2 aromatic rings. The Hall–Kier alpha value is -4.01. The van der Waals surface area contributed by atoms with E-state index in [9.17, 15) is 45.2 Å². The maximum atomic E-state index is 14.3. The average Bonchev–Trinajstić information content (AvgIpc) is 3.11. The lowest BCUT2D eigenvalue weighted by molar-refractivity contribution is -0.142. The molecular formula is C29H32F4N4O6S. The molecule has 0 aromatic heterocycles. The Morgan fingerprint density at radius 3 is 2.14 bits per heavy atom. The van der Waals surface area contributed by atoms with Crippen LogP contribution in [0.2, 0.25) is 0 Å². The number of nitrogens with one attached hydrogen (secondary N) is 1. The first-order valence-corrected chi connectivity index (χ1v) is 15.6. The van der Waals surface area contributed by atoms with Gasteiger partial charge in [-0.1, -0.05) is 26.0 Å². The number of nitrogens with zero attached hydrogens (tertiary/aromatic N) is 3. The summed E-state index contributed by atoms with van der Waals surface area (Å²) in [5, 5.41) is 2.37. The number of likely N-dealkylation sites (tertiary alicyclic amines) is 1. The number of benzene rings is 2. The Bertz CT molecular complexity index is 1590. The molecule has 5 amide bonds. The summed E-state index contributed by atoms with van der Waals surface area (Å²) in [4.78, 5) is 56.7. The minimum atomic E-state index is -4.81. The van der Waals surface area contributed by atoms with E-state index in [4.69, 9.17) is 0 Å². The normalized spacial score (nSPS) is 17.9. The number of hydrogen-bond acceptors (Lipinski definition) is 6. The Kier molecular flexibility index (Phi) is 8.84. The zero-order valence-corrected chi connectivity index (χ0v) is 25.3. The van der Waals surface area contributed by atoms with Crippen LogP contribution in [0.1, 0.15) is 48.2 Å². The second kappa shape index (κ2) is 11.8. The Labute approximate surface area is 251 Å². The van der Waals surface area contributed by atoms with Gasteiger partial charge in [-0.2, -0.15) is 13.2 Å². The van der Waals surface area contributed by atoms with Crippen LogP contribution in [0.15, 0.2) is 47.4 Å². The van der Waals surface area contributed by atoms with Crippen molar-refractivity contribution >= 4 is 33.6 Å². The van der Waals surface area contributed by atoms with Crippen LogP contribution in [-0.4, -0.2) is 84.8 Å². The van der Waals surface area contributed by atoms with E-state index in [0.717, 1.165) is 11.2 Å². The highest BCUT2D eigenvalue weighted by Gasteiger charge is 2.57. The van der Waals surface area contributed by atoms with Crippen molar-refractivity contribution in [3.63, 3.8) is 0 Å². The summed E-state index contributed by atoms with van der Waals surface area (Å²) in [6, 6.07) is 5.63. The van der Waals surface area contributed by atoms with E-state index in [1.54, 1.807) is 26.0 Å². The molecule has 2 fully saturated rings. The molecule has 2 aliphatic heterocycles. The largest absolute Gasteiger partial charge is 0.416 e. The van der Waals surface area contributed by atoms with Crippen molar-refractivity contribution in [3.8, 4) is 0 Å². The molecule has 4 rings (SSSR count). The summed E-state index contributed by atoms with van der Waals surface area (Å²) in [6.07, 6.45) is -3.60. The average molecular weight is 641 g/mol. The lowest BCUT2D eigenvalue weighted by Crippen LogP contribution is -2.60. The molecule has 1 N–H and O–H groups in total. The first-order chi connectivity index (χ1) is 20.4. The van der Waals surface area contributed by atoms with E-state index < -0.39 is 74.2 Å². The summed E-state index contributed by atoms with van der Waals surface area (Å²) in [6.45, 7) is 3.28. The van der Waals surface area contributed by atoms with E-state index >= 15 is 0 Å². The molecule has 2 heterocycles. The van der Waals surface area contributed by atoms with Gasteiger partial charge < -0.3 is 15.1 Å². The van der Waals surface area contributed by atoms with Crippen molar-refractivity contribution in [2.45, 2.75) is 55.9 Å². The highest BCUT2D eigenvalue weighted by Crippen LogP contribution is 2.38. The van der Waals surface area contributed by atoms with Crippen molar-refractivity contribution in [2.75, 3.05) is 26.4 Å². The summed E-state index contributed by atoms with van der Waals surface area (Å²) < 4.78 is 77.4. The Morgan fingerprint density at radius 1 is 1.02 bits per heavy atom. The number of amides is 5. The van der Waals surface area contributed by atoms with Crippen LogP contribution in [0.25, 0.3) is 0 Å². The summed E-state index contributed by atoms with van der Waals surface area (Å²) in [7, 11) is -2.08. The van der Waals surface area contributed by atoms with Gasteiger partial charge in [-0.3, -0.25) is 19.3 Å². The smallest absolute Gasteiger partial charge is 0.341 e. The molecule has 2 saturated heterocycles. The van der Waals surface area contributed by atoms with Crippen LogP contribution >= 0.6 is 0 Å². The van der Waals surface area contributed by atoms with Gasteiger partial charge in [0.2, 0.25) is 5.91 Å². The van der Waals surface area contributed by atoms with E-state index in [1.165, 1.54) is 29.0 Å². The van der Waals surface area contributed by atoms with E-state index in [-0.39, 0.29) is 37.4 Å². The molecule has 44 heavy (non-hydrogen) atoms. The van der Waals surface area contributed by atoms with Crippen LogP contribution in [0.3, 0.4) is 0 Å². The van der Waals surface area contributed by atoms with Gasteiger partial charge in [0.15, 0.2) is 9.84 Å². The molecule has 1 spiro atoms. The number of rotatable bonds is 7. The van der Waals surface area contributed by atoms with Crippen LogP contribution in [-0.2, 0) is 32.1 Å². The number of carbonyl (C=O) groups is 4. The fourth-order valence-electron chi connectivity index (χ4n) is 5.51. The van der Waals surface area contributed by atoms with Crippen LogP contribution in [0.5, 0.6) is 0 Å². The maximum absolute atomic E-state index is 14.3. The molecule has 0 unspecified atom stereocenters. The number of likely N-dealkylation sites (N-methyl/N-ethyl adjacent to an activating group) is 1. The first-order valence-electron chi connectivity index (χ1n) is 13.7. The first kappa shape index (κ1) is 32.9. The zero-order chi connectivity index (χ0) is 32.8. The van der Waals surface area contributed by atoms with Gasteiger partial charge in [0, 0.05) is 32.9 Å². The molecule has 10 nitrogen and oxygen atoms in total. The fraction of sp³-hybridized carbons (Fsp3) is 0.448. The third-order valence-corrected chi connectivity index (χ3v) is 9.22. The highest BCUT2D eigenvalue weighted by atomic mass is 32.2. The van der Waals surface area contributed by atoms with Crippen LogP contribution < -0.4 is 5.32 Å². The number of imide groups is 1. The Balaban J connectivity index is 1.50. The third-order valence-electron chi connectivity index (χ3n) is 8.09. The minimum Gasteiger partial charge on any atom is -0.341 e. The van der Waals surface area contributed by atoms with Gasteiger partial charge in [-0.15, -0.1) is 0 Å². The number of urea groups is 1. The maximum Gasteiger partial charge on any atom is 0.416 e. The molecule has 0 radical (unpaired) electrons. The van der Waals surface area contributed by atoms with Crippen molar-refractivity contribution in [2.24, 2.45) is 5.92 Å². The molecule has 2 aromatic carbocycles. The molecule has 15 heteroatoms. The van der Waals surface area contributed by atoms with Crippen molar-refractivity contribution in [1.82, 2.24) is 20.0 Å². The SMILES string of the molecule is CC(C)[C@@H](NC(=O)c1cc(C(F)(F)F)ccc1F)C(=O)N1CCC2(CC1)C(=O)N(C)C(=O)N2Cc1ccc(S(C)(=O)=O)cc1. The molecule has 0 aliphatic carbocycles. The molecule has 2 aliphatic rings. The zero-order valence-electron chi connectivity index (χ0n) is 24.4. The quantitative estimate of drug-likeness (QED) is 0.365. The number of carbonyl (C=O) groups excluding carboxylic acids is 4. The lowest BCUT2D eigenvalue weighted by atomic mass is 9.85. The highest BCUT2D eigenvalue weighted by molar-refractivity contribution is 7.90. The van der Waals surface area contributed by atoms with E-state index in [1.807, 2.05) is 0 Å². The number of alkyl halides is 3. The number of halogens is 4.